The summed E-state index contributed by atoms with van der Waals surface area (Å²) in [6.45, 7) is 4.58. The quantitative estimate of drug-likeness (QED) is 0.482. The van der Waals surface area contributed by atoms with Crippen molar-refractivity contribution in [1.82, 2.24) is 5.32 Å². The van der Waals surface area contributed by atoms with E-state index in [1.165, 1.54) is 0 Å². The fourth-order valence-corrected chi connectivity index (χ4v) is 2.96. The molecule has 0 saturated heterocycles. The summed E-state index contributed by atoms with van der Waals surface area (Å²) in [5.74, 6) is 1.06. The van der Waals surface area contributed by atoms with E-state index in [1.807, 2.05) is 74.5 Å². The van der Waals surface area contributed by atoms with Gasteiger partial charge < -0.3 is 20.1 Å². The number of anilines is 1. The summed E-state index contributed by atoms with van der Waals surface area (Å²) in [5.41, 5.74) is 2.05. The van der Waals surface area contributed by atoms with Gasteiger partial charge in [0.25, 0.3) is 5.91 Å². The van der Waals surface area contributed by atoms with Crippen LogP contribution in [0.3, 0.4) is 0 Å². The highest BCUT2D eigenvalue weighted by molar-refractivity contribution is 6.05. The van der Waals surface area contributed by atoms with Gasteiger partial charge in [0.1, 0.15) is 11.5 Å². The third-order valence-electron chi connectivity index (χ3n) is 4.54. The van der Waals surface area contributed by atoms with Gasteiger partial charge in [-0.15, -0.1) is 0 Å². The Morgan fingerprint density at radius 1 is 0.875 bits per heavy atom. The van der Waals surface area contributed by atoms with Gasteiger partial charge in [0.2, 0.25) is 5.91 Å². The van der Waals surface area contributed by atoms with Crippen molar-refractivity contribution in [3.8, 4) is 11.5 Å². The van der Waals surface area contributed by atoms with Crippen LogP contribution in [-0.2, 0) is 11.3 Å². The molecule has 0 atom stereocenters. The number of benzene rings is 3. The van der Waals surface area contributed by atoms with Crippen LogP contribution in [0.5, 0.6) is 11.5 Å². The van der Waals surface area contributed by atoms with Gasteiger partial charge in [0.15, 0.2) is 0 Å². The van der Waals surface area contributed by atoms with Crippen molar-refractivity contribution in [1.29, 1.82) is 0 Å². The Labute approximate surface area is 188 Å². The second-order valence-electron chi connectivity index (χ2n) is 7.50. The first-order valence-electron chi connectivity index (χ1n) is 10.6. The van der Waals surface area contributed by atoms with Gasteiger partial charge in [0, 0.05) is 12.1 Å². The molecule has 32 heavy (non-hydrogen) atoms. The molecule has 166 valence electrons. The van der Waals surface area contributed by atoms with Gasteiger partial charge in [-0.2, -0.15) is 0 Å². The van der Waals surface area contributed by atoms with Crippen LogP contribution in [0.2, 0.25) is 0 Å². The van der Waals surface area contributed by atoms with Crippen LogP contribution in [0.15, 0.2) is 78.9 Å². The number of para-hydroxylation sites is 3. The first kappa shape index (κ1) is 22.9. The number of hydrogen-bond acceptors (Lipinski definition) is 4. The molecule has 0 heterocycles. The molecule has 2 N–H and O–H groups in total. The molecule has 0 unspecified atom stereocenters. The molecular formula is C26H28N2O4. The first-order chi connectivity index (χ1) is 15.5. The Morgan fingerprint density at radius 3 is 2.28 bits per heavy atom. The predicted octanol–water partition coefficient (Wildman–Crippen LogP) is 4.81. The van der Waals surface area contributed by atoms with Crippen LogP contribution in [0.4, 0.5) is 5.69 Å². The minimum absolute atomic E-state index is 0.00690. The van der Waals surface area contributed by atoms with Crippen LogP contribution in [0.25, 0.3) is 0 Å². The van der Waals surface area contributed by atoms with Crippen molar-refractivity contribution in [3.63, 3.8) is 0 Å². The molecule has 0 radical (unpaired) electrons. The van der Waals surface area contributed by atoms with Crippen molar-refractivity contribution in [2.24, 2.45) is 0 Å². The highest BCUT2D eigenvalue weighted by Crippen LogP contribution is 2.25. The van der Waals surface area contributed by atoms with E-state index < -0.39 is 0 Å². The van der Waals surface area contributed by atoms with E-state index >= 15 is 0 Å². The van der Waals surface area contributed by atoms with E-state index in [1.54, 1.807) is 18.2 Å². The van der Waals surface area contributed by atoms with Crippen molar-refractivity contribution in [2.75, 3.05) is 11.9 Å². The van der Waals surface area contributed by atoms with Crippen LogP contribution in [-0.4, -0.2) is 24.5 Å². The van der Waals surface area contributed by atoms with Gasteiger partial charge in [0.05, 0.1) is 24.8 Å². The van der Waals surface area contributed by atoms with Crippen molar-refractivity contribution in [3.05, 3.63) is 90.0 Å². The number of nitrogens with one attached hydrogen (secondary N) is 2. The molecule has 0 spiro atoms. The zero-order chi connectivity index (χ0) is 22.8. The maximum atomic E-state index is 12.6. The molecule has 0 saturated carbocycles. The van der Waals surface area contributed by atoms with E-state index in [0.717, 1.165) is 11.3 Å². The molecule has 0 aliphatic carbocycles. The molecule has 3 aromatic rings. The number of amides is 2. The molecule has 6 nitrogen and oxygen atoms in total. The average molecular weight is 433 g/mol. The van der Waals surface area contributed by atoms with Crippen molar-refractivity contribution >= 4 is 17.5 Å². The smallest absolute Gasteiger partial charge is 0.255 e. The van der Waals surface area contributed by atoms with Crippen LogP contribution in [0.1, 0.15) is 36.2 Å². The van der Waals surface area contributed by atoms with E-state index in [2.05, 4.69) is 10.6 Å². The third-order valence-corrected chi connectivity index (χ3v) is 4.54. The van der Waals surface area contributed by atoms with Crippen LogP contribution in [0, 0.1) is 0 Å². The van der Waals surface area contributed by atoms with Crippen molar-refractivity contribution < 1.29 is 19.1 Å². The lowest BCUT2D eigenvalue weighted by Gasteiger charge is -2.15. The third kappa shape index (κ3) is 7.16. The van der Waals surface area contributed by atoms with E-state index in [-0.39, 0.29) is 24.3 Å². The fraction of sp³-hybridized carbons (Fsp3) is 0.231. The zero-order valence-corrected chi connectivity index (χ0v) is 18.3. The maximum absolute atomic E-state index is 12.6. The van der Waals surface area contributed by atoms with E-state index in [0.29, 0.717) is 30.2 Å². The number of carbonyl (C=O) groups excluding carboxylic acids is 2. The minimum Gasteiger partial charge on any atom is -0.493 e. The summed E-state index contributed by atoms with van der Waals surface area (Å²) in [6, 6.07) is 23.9. The summed E-state index contributed by atoms with van der Waals surface area (Å²) in [6.07, 6.45) is 0.278. The topological polar surface area (TPSA) is 76.7 Å². The lowest BCUT2D eigenvalue weighted by Crippen LogP contribution is -2.24. The van der Waals surface area contributed by atoms with Crippen LogP contribution >= 0.6 is 0 Å². The standard InChI is InChI=1S/C26H28N2O4/c1-19(2)32-24-11-7-6-10-23(24)28-26(30)21-14-12-20(13-15-21)18-27-25(29)16-17-31-22-8-4-3-5-9-22/h3-15,19H,16-18H2,1-2H3,(H,27,29)(H,28,30). The second kappa shape index (κ2) is 11.6. The Balaban J connectivity index is 1.46. The second-order valence-corrected chi connectivity index (χ2v) is 7.50. The number of hydrogen-bond donors (Lipinski definition) is 2. The van der Waals surface area contributed by atoms with E-state index in [4.69, 9.17) is 9.47 Å². The van der Waals surface area contributed by atoms with Gasteiger partial charge in [-0.3, -0.25) is 9.59 Å². The first-order valence-corrected chi connectivity index (χ1v) is 10.6. The normalized spacial score (nSPS) is 10.5. The Morgan fingerprint density at radius 2 is 1.56 bits per heavy atom. The summed E-state index contributed by atoms with van der Waals surface area (Å²) >= 11 is 0. The molecule has 3 aromatic carbocycles. The number of ether oxygens (including phenoxy) is 2. The summed E-state index contributed by atoms with van der Waals surface area (Å²) < 4.78 is 11.3. The lowest BCUT2D eigenvalue weighted by molar-refractivity contribution is -0.121. The highest BCUT2D eigenvalue weighted by Gasteiger charge is 2.11. The number of rotatable bonds is 10. The van der Waals surface area contributed by atoms with Gasteiger partial charge in [-0.05, 0) is 55.8 Å². The fourth-order valence-electron chi connectivity index (χ4n) is 2.96. The molecule has 0 aliphatic heterocycles. The molecule has 3 rings (SSSR count). The molecule has 0 fully saturated rings. The Hall–Kier alpha value is -3.80. The monoisotopic (exact) mass is 432 g/mol. The van der Waals surface area contributed by atoms with Gasteiger partial charge in [-0.1, -0.05) is 42.5 Å². The largest absolute Gasteiger partial charge is 0.493 e. The van der Waals surface area contributed by atoms with E-state index in [9.17, 15) is 9.59 Å². The molecule has 6 heteroatoms. The lowest BCUT2D eigenvalue weighted by atomic mass is 10.1. The van der Waals surface area contributed by atoms with Crippen LogP contribution < -0.4 is 20.1 Å². The molecular weight excluding hydrogens is 404 g/mol. The zero-order valence-electron chi connectivity index (χ0n) is 18.3. The average Bonchev–Trinajstić information content (AvgIpc) is 2.80. The highest BCUT2D eigenvalue weighted by atomic mass is 16.5. The molecule has 0 aliphatic rings. The summed E-state index contributed by atoms with van der Waals surface area (Å²) in [5, 5.41) is 5.75. The summed E-state index contributed by atoms with van der Waals surface area (Å²) in [4.78, 5) is 24.6. The number of carbonyl (C=O) groups is 2. The molecule has 0 bridgehead atoms. The predicted molar refractivity (Wildman–Crippen MR) is 125 cm³/mol. The maximum Gasteiger partial charge on any atom is 0.255 e. The molecule has 0 aromatic heterocycles. The van der Waals surface area contributed by atoms with Gasteiger partial charge >= 0.3 is 0 Å². The Kier molecular flexibility index (Phi) is 8.26. The Bertz CT molecular complexity index is 1020. The summed E-state index contributed by atoms with van der Waals surface area (Å²) in [7, 11) is 0. The SMILES string of the molecule is CC(C)Oc1ccccc1NC(=O)c1ccc(CNC(=O)CCOc2ccccc2)cc1. The minimum atomic E-state index is -0.224. The molecule has 2 amide bonds. The van der Waals surface area contributed by atoms with Crippen molar-refractivity contribution in [2.45, 2.75) is 32.9 Å². The van der Waals surface area contributed by atoms with Gasteiger partial charge in [-0.25, -0.2) is 0 Å².